The van der Waals surface area contributed by atoms with Crippen LogP contribution in [0.4, 0.5) is 0 Å². The Morgan fingerprint density at radius 3 is 2.50 bits per heavy atom. The molecule has 0 radical (unpaired) electrons. The molecule has 2 aliphatic rings. The largest absolute Gasteiger partial charge is 0.397 e. The summed E-state index contributed by atoms with van der Waals surface area (Å²) >= 11 is 0. The quantitative estimate of drug-likeness (QED) is 0.701. The van der Waals surface area contributed by atoms with Gasteiger partial charge >= 0.3 is 0 Å². The summed E-state index contributed by atoms with van der Waals surface area (Å²) in [6.45, 7) is 11.4. The van der Waals surface area contributed by atoms with E-state index in [4.69, 9.17) is 9.84 Å². The fraction of sp³-hybridized carbons (Fsp3) is 0.778. The highest BCUT2D eigenvalue weighted by atomic mass is 16.5. The van der Waals surface area contributed by atoms with E-state index in [1.54, 1.807) is 6.92 Å². The second-order valence-electron chi connectivity index (χ2n) is 5.21. The number of ether oxygens (including phenoxy) is 1. The van der Waals surface area contributed by atoms with E-state index in [2.05, 4.69) is 36.6 Å². The number of hydrogen-bond donors (Lipinski definition) is 3. The van der Waals surface area contributed by atoms with Gasteiger partial charge < -0.3 is 20.5 Å². The van der Waals surface area contributed by atoms with Crippen molar-refractivity contribution >= 4 is 0 Å². The lowest BCUT2D eigenvalue weighted by Gasteiger charge is -2.37. The maximum Gasteiger partial charge on any atom is 0.147 e. The highest BCUT2D eigenvalue weighted by Gasteiger charge is 2.30. The molecule has 1 saturated carbocycles. The molecule has 0 bridgehead atoms. The fourth-order valence-corrected chi connectivity index (χ4v) is 2.42. The standard InChI is InChI=1S/C14H24N2O.C2H6O.C2H6.H2/c1-3-5-11-6-7-16-14(8-11)17-13-9-12(10-13)15-4-2;1-2-3;1-2;/h6-8,12-16H,3-5,9-10H2,1-2H3;3H,2H2,1H3;1-2H3;1H. The second-order valence-corrected chi connectivity index (χ2v) is 5.21. The van der Waals surface area contributed by atoms with Crippen molar-refractivity contribution in [2.24, 2.45) is 0 Å². The van der Waals surface area contributed by atoms with Crippen molar-refractivity contribution in [1.82, 2.24) is 10.6 Å². The van der Waals surface area contributed by atoms with Gasteiger partial charge in [-0.05, 0) is 56.7 Å². The number of rotatable bonds is 6. The minimum atomic E-state index is 0. The normalized spacial score (nSPS) is 25.5. The van der Waals surface area contributed by atoms with Gasteiger partial charge in [-0.2, -0.15) is 0 Å². The summed E-state index contributed by atoms with van der Waals surface area (Å²) in [6, 6.07) is 0.670. The zero-order valence-corrected chi connectivity index (χ0v) is 15.1. The van der Waals surface area contributed by atoms with Crippen LogP contribution in [-0.2, 0) is 4.74 Å². The molecule has 22 heavy (non-hydrogen) atoms. The molecule has 0 aromatic heterocycles. The SMILES string of the molecule is CC.CCCC1=CC(OC2CC(NCC)C2)NC=C1.CCO.[HH]. The summed E-state index contributed by atoms with van der Waals surface area (Å²) in [5.74, 6) is 0. The molecule has 3 N–H and O–H groups in total. The number of hydrogen-bond acceptors (Lipinski definition) is 4. The maximum atomic E-state index is 7.57. The van der Waals surface area contributed by atoms with Crippen molar-refractivity contribution in [3.63, 3.8) is 0 Å². The van der Waals surface area contributed by atoms with Gasteiger partial charge in [-0.15, -0.1) is 0 Å². The highest BCUT2D eigenvalue weighted by molar-refractivity contribution is 5.23. The zero-order chi connectivity index (χ0) is 16.8. The average Bonchev–Trinajstić information content (AvgIpc) is 2.49. The third kappa shape index (κ3) is 8.57. The van der Waals surface area contributed by atoms with Crippen molar-refractivity contribution in [3.8, 4) is 0 Å². The molecular weight excluding hydrogens is 276 g/mol. The van der Waals surface area contributed by atoms with Gasteiger partial charge in [0.2, 0.25) is 0 Å². The Labute approximate surface area is 138 Å². The topological polar surface area (TPSA) is 53.5 Å². The molecule has 0 amide bonds. The molecule has 0 spiro atoms. The molecule has 1 atom stereocenters. The Balaban J connectivity index is 0. The highest BCUT2D eigenvalue weighted by Crippen LogP contribution is 2.25. The summed E-state index contributed by atoms with van der Waals surface area (Å²) in [6.07, 6.45) is 11.5. The van der Waals surface area contributed by atoms with Crippen LogP contribution in [0.1, 0.15) is 61.7 Å². The molecule has 4 heteroatoms. The van der Waals surface area contributed by atoms with Gasteiger partial charge in [0.1, 0.15) is 6.23 Å². The van der Waals surface area contributed by atoms with Crippen molar-refractivity contribution in [2.75, 3.05) is 13.2 Å². The molecule has 1 aliphatic carbocycles. The first-order valence-electron chi connectivity index (χ1n) is 8.86. The van der Waals surface area contributed by atoms with Crippen LogP contribution in [-0.4, -0.2) is 36.6 Å². The van der Waals surface area contributed by atoms with Crippen molar-refractivity contribution in [3.05, 3.63) is 23.9 Å². The molecule has 1 fully saturated rings. The lowest BCUT2D eigenvalue weighted by molar-refractivity contribution is -0.0534. The van der Waals surface area contributed by atoms with Crippen LogP contribution >= 0.6 is 0 Å². The predicted molar refractivity (Wildman–Crippen MR) is 96.8 cm³/mol. The minimum absolute atomic E-state index is 0. The monoisotopic (exact) mass is 314 g/mol. The van der Waals surface area contributed by atoms with E-state index in [0.717, 1.165) is 25.8 Å². The minimum Gasteiger partial charge on any atom is -0.397 e. The summed E-state index contributed by atoms with van der Waals surface area (Å²) in [5.41, 5.74) is 1.39. The second kappa shape index (κ2) is 13.8. The van der Waals surface area contributed by atoms with E-state index in [1.165, 1.54) is 12.0 Å². The van der Waals surface area contributed by atoms with E-state index >= 15 is 0 Å². The first-order valence-corrected chi connectivity index (χ1v) is 8.86. The molecule has 1 heterocycles. The van der Waals surface area contributed by atoms with Crippen LogP contribution < -0.4 is 10.6 Å². The van der Waals surface area contributed by atoms with E-state index in [-0.39, 0.29) is 14.3 Å². The number of allylic oxidation sites excluding steroid dienone is 2. The molecule has 132 valence electrons. The average molecular weight is 315 g/mol. The van der Waals surface area contributed by atoms with Crippen molar-refractivity contribution in [1.29, 1.82) is 0 Å². The number of dihydropyridines is 1. The third-order valence-electron chi connectivity index (χ3n) is 3.39. The Bertz CT molecular complexity index is 316. The van der Waals surface area contributed by atoms with Crippen molar-refractivity contribution < 1.29 is 11.3 Å². The Kier molecular flexibility index (Phi) is 13.3. The van der Waals surface area contributed by atoms with Gasteiger partial charge in [0.15, 0.2) is 0 Å². The smallest absolute Gasteiger partial charge is 0.147 e. The summed E-state index contributed by atoms with van der Waals surface area (Å²) in [5, 5.41) is 14.3. The molecular formula is C18H38N2O2. The molecule has 2 rings (SSSR count). The lowest BCUT2D eigenvalue weighted by atomic mass is 9.89. The van der Waals surface area contributed by atoms with Crippen LogP contribution in [0.2, 0.25) is 0 Å². The molecule has 4 nitrogen and oxygen atoms in total. The lowest BCUT2D eigenvalue weighted by Crippen LogP contribution is -2.47. The van der Waals surface area contributed by atoms with Crippen LogP contribution in [0.5, 0.6) is 0 Å². The first kappa shape index (κ1) is 21.2. The molecule has 0 aromatic rings. The van der Waals surface area contributed by atoms with E-state index < -0.39 is 0 Å². The fourth-order valence-electron chi connectivity index (χ4n) is 2.42. The summed E-state index contributed by atoms with van der Waals surface area (Å²) in [7, 11) is 0. The maximum absolute atomic E-state index is 7.57. The molecule has 1 unspecified atom stereocenters. The van der Waals surface area contributed by atoms with Gasteiger partial charge in [-0.3, -0.25) is 0 Å². The predicted octanol–water partition coefficient (Wildman–Crippen LogP) is 3.58. The third-order valence-corrected chi connectivity index (χ3v) is 3.39. The number of aliphatic hydroxyl groups excluding tert-OH is 1. The number of nitrogens with one attached hydrogen (secondary N) is 2. The van der Waals surface area contributed by atoms with Gasteiger partial charge in [0.25, 0.3) is 0 Å². The molecule has 1 aliphatic heterocycles. The van der Waals surface area contributed by atoms with Gasteiger partial charge in [0, 0.05) is 14.1 Å². The summed E-state index contributed by atoms with van der Waals surface area (Å²) in [4.78, 5) is 0. The van der Waals surface area contributed by atoms with Crippen LogP contribution in [0.15, 0.2) is 23.9 Å². The van der Waals surface area contributed by atoms with Crippen LogP contribution in [0.3, 0.4) is 0 Å². The zero-order valence-electron chi connectivity index (χ0n) is 15.1. The van der Waals surface area contributed by atoms with Gasteiger partial charge in [0.05, 0.1) is 6.10 Å². The Morgan fingerprint density at radius 2 is 1.95 bits per heavy atom. The summed E-state index contributed by atoms with van der Waals surface area (Å²) < 4.78 is 6.00. The van der Waals surface area contributed by atoms with Gasteiger partial charge in [-0.25, -0.2) is 0 Å². The van der Waals surface area contributed by atoms with Crippen LogP contribution in [0, 0.1) is 0 Å². The van der Waals surface area contributed by atoms with E-state index in [9.17, 15) is 0 Å². The van der Waals surface area contributed by atoms with E-state index in [1.807, 2.05) is 20.0 Å². The van der Waals surface area contributed by atoms with Gasteiger partial charge in [-0.1, -0.05) is 34.1 Å². The first-order chi connectivity index (χ1) is 10.7. The number of aliphatic hydroxyl groups is 1. The molecule has 0 saturated heterocycles. The Hall–Kier alpha value is -0.840. The Morgan fingerprint density at radius 1 is 1.32 bits per heavy atom. The molecule has 0 aromatic carbocycles. The van der Waals surface area contributed by atoms with Crippen molar-refractivity contribution in [2.45, 2.75) is 78.7 Å². The van der Waals surface area contributed by atoms with Crippen LogP contribution in [0.25, 0.3) is 0 Å². The van der Waals surface area contributed by atoms with E-state index in [0.29, 0.717) is 12.1 Å².